The number of alkyl halides is 3. The van der Waals surface area contributed by atoms with Crippen molar-refractivity contribution in [3.63, 3.8) is 0 Å². The number of carboxylic acid groups (broad SMARTS) is 1. The van der Waals surface area contributed by atoms with E-state index in [0.717, 1.165) is 16.6 Å². The van der Waals surface area contributed by atoms with E-state index in [1.54, 1.807) is 12.1 Å². The van der Waals surface area contributed by atoms with Gasteiger partial charge in [0.2, 0.25) is 0 Å². The van der Waals surface area contributed by atoms with Gasteiger partial charge in [-0.1, -0.05) is 0 Å². The van der Waals surface area contributed by atoms with Crippen molar-refractivity contribution in [2.24, 2.45) is 5.92 Å². The smallest absolute Gasteiger partial charge is 0.407 e. The quantitative estimate of drug-likeness (QED) is 0.723. The Kier molecular flexibility index (Phi) is 4.37. The predicted molar refractivity (Wildman–Crippen MR) is 96.2 cm³/mol. The average molecular weight is 392 g/mol. The van der Waals surface area contributed by atoms with Crippen molar-refractivity contribution < 1.29 is 23.1 Å². The number of H-pyrrole nitrogens is 1. The predicted octanol–water partition coefficient (Wildman–Crippen LogP) is 3.87. The van der Waals surface area contributed by atoms with Crippen LogP contribution in [0.4, 0.5) is 23.7 Å². The maximum absolute atomic E-state index is 13.2. The number of benzene rings is 1. The highest BCUT2D eigenvalue weighted by atomic mass is 19.4. The summed E-state index contributed by atoms with van der Waals surface area (Å²) in [5.41, 5.74) is 3.02. The number of hydrogen-bond donors (Lipinski definition) is 3. The van der Waals surface area contributed by atoms with E-state index in [1.165, 1.54) is 4.90 Å². The van der Waals surface area contributed by atoms with Gasteiger partial charge in [0.1, 0.15) is 6.07 Å². The Morgan fingerprint density at radius 1 is 1.36 bits per heavy atom. The van der Waals surface area contributed by atoms with Gasteiger partial charge in [-0.3, -0.25) is 0 Å². The number of aromatic amines is 1. The minimum atomic E-state index is -4.24. The molecule has 1 saturated heterocycles. The van der Waals surface area contributed by atoms with Crippen LogP contribution >= 0.6 is 0 Å². The summed E-state index contributed by atoms with van der Waals surface area (Å²) in [5.74, 6) is -1.38. The molecule has 2 aliphatic rings. The molecular formula is C19H19F3N4O2. The summed E-state index contributed by atoms with van der Waals surface area (Å²) in [5, 5.41) is 22.6. The van der Waals surface area contributed by atoms with E-state index in [9.17, 15) is 23.2 Å². The van der Waals surface area contributed by atoms with E-state index >= 15 is 0 Å². The highest BCUT2D eigenvalue weighted by Gasteiger charge is 2.42. The Labute approximate surface area is 158 Å². The molecule has 2 heterocycles. The fraction of sp³-hybridized carbons (Fsp3) is 0.474. The number of likely N-dealkylation sites (tertiary alicyclic amines) is 1. The Morgan fingerprint density at radius 2 is 2.14 bits per heavy atom. The fourth-order valence-electron chi connectivity index (χ4n) is 4.30. The third kappa shape index (κ3) is 3.13. The molecule has 6 nitrogen and oxygen atoms in total. The highest BCUT2D eigenvalue weighted by molar-refractivity contribution is 5.99. The van der Waals surface area contributed by atoms with Crippen LogP contribution in [0.1, 0.15) is 29.7 Å². The van der Waals surface area contributed by atoms with Crippen LogP contribution in [0.15, 0.2) is 12.1 Å². The molecule has 28 heavy (non-hydrogen) atoms. The monoisotopic (exact) mass is 392 g/mol. The molecule has 1 aliphatic heterocycles. The second-order valence-corrected chi connectivity index (χ2v) is 7.44. The highest BCUT2D eigenvalue weighted by Crippen LogP contribution is 2.42. The molecule has 1 unspecified atom stereocenters. The van der Waals surface area contributed by atoms with E-state index in [0.29, 0.717) is 36.3 Å². The molecule has 2 aromatic rings. The second kappa shape index (κ2) is 6.62. The molecule has 148 valence electrons. The number of aromatic nitrogens is 1. The zero-order chi connectivity index (χ0) is 20.1. The normalized spacial score (nSPS) is 22.1. The SMILES string of the molecule is N#Cc1ccc(NC2CCN(C(=O)O)C2)c2c3c([nH]c12)C[C@@H](C(F)(F)F)CC3. The molecular weight excluding hydrogens is 373 g/mol. The molecule has 2 atom stereocenters. The van der Waals surface area contributed by atoms with Gasteiger partial charge in [0.15, 0.2) is 0 Å². The first-order valence-electron chi connectivity index (χ1n) is 9.15. The zero-order valence-corrected chi connectivity index (χ0v) is 14.9. The number of amides is 1. The number of nitrogens with zero attached hydrogens (tertiary/aromatic N) is 2. The summed E-state index contributed by atoms with van der Waals surface area (Å²) in [6.45, 7) is 0.782. The Bertz CT molecular complexity index is 976. The molecule has 0 bridgehead atoms. The van der Waals surface area contributed by atoms with Crippen molar-refractivity contribution in [2.75, 3.05) is 18.4 Å². The van der Waals surface area contributed by atoms with E-state index in [4.69, 9.17) is 5.11 Å². The van der Waals surface area contributed by atoms with Crippen molar-refractivity contribution in [1.29, 1.82) is 5.26 Å². The molecule has 9 heteroatoms. The van der Waals surface area contributed by atoms with Gasteiger partial charge in [-0.25, -0.2) is 4.79 Å². The summed E-state index contributed by atoms with van der Waals surface area (Å²) in [6, 6.07) is 5.41. The lowest BCUT2D eigenvalue weighted by atomic mass is 9.86. The van der Waals surface area contributed by atoms with Crippen LogP contribution in [0, 0.1) is 17.2 Å². The van der Waals surface area contributed by atoms with E-state index in [2.05, 4.69) is 16.4 Å². The van der Waals surface area contributed by atoms with Crippen LogP contribution in [0.5, 0.6) is 0 Å². The van der Waals surface area contributed by atoms with Crippen molar-refractivity contribution in [2.45, 2.75) is 37.9 Å². The minimum Gasteiger partial charge on any atom is -0.465 e. The van der Waals surface area contributed by atoms with Crippen molar-refractivity contribution in [3.05, 3.63) is 29.0 Å². The van der Waals surface area contributed by atoms with Gasteiger partial charge in [0.25, 0.3) is 0 Å². The summed E-state index contributed by atoms with van der Waals surface area (Å²) in [4.78, 5) is 15.5. The first-order chi connectivity index (χ1) is 13.3. The molecule has 1 aromatic heterocycles. The summed E-state index contributed by atoms with van der Waals surface area (Å²) >= 11 is 0. The van der Waals surface area contributed by atoms with Gasteiger partial charge in [-0.15, -0.1) is 0 Å². The van der Waals surface area contributed by atoms with Gasteiger partial charge < -0.3 is 20.3 Å². The Hall–Kier alpha value is -2.89. The third-order valence-corrected chi connectivity index (χ3v) is 5.74. The standard InChI is InChI=1S/C19H19F3N4O2/c20-19(21,22)11-2-3-13-15(7-11)25-17-10(8-23)1-4-14(16(13)17)24-12-5-6-26(9-12)18(27)28/h1,4,11-12,24-25H,2-3,5-7,9H2,(H,27,28)/t11-,12?/m0/s1. The lowest BCUT2D eigenvalue weighted by Gasteiger charge is -2.25. The van der Waals surface area contributed by atoms with Crippen molar-refractivity contribution in [1.82, 2.24) is 9.88 Å². The zero-order valence-electron chi connectivity index (χ0n) is 14.9. The number of nitriles is 1. The van der Waals surface area contributed by atoms with Crippen LogP contribution in [0.3, 0.4) is 0 Å². The van der Waals surface area contributed by atoms with Crippen LogP contribution in [-0.2, 0) is 12.8 Å². The molecule has 0 saturated carbocycles. The average Bonchev–Trinajstić information content (AvgIpc) is 3.25. The summed E-state index contributed by atoms with van der Waals surface area (Å²) in [7, 11) is 0. The Morgan fingerprint density at radius 3 is 2.79 bits per heavy atom. The van der Waals surface area contributed by atoms with Gasteiger partial charge in [0, 0.05) is 35.9 Å². The first-order valence-corrected chi connectivity index (χ1v) is 9.15. The largest absolute Gasteiger partial charge is 0.465 e. The number of fused-ring (bicyclic) bond motifs is 3. The second-order valence-electron chi connectivity index (χ2n) is 7.44. The molecule has 4 rings (SSSR count). The Balaban J connectivity index is 1.70. The number of hydrogen-bond acceptors (Lipinski definition) is 3. The van der Waals surface area contributed by atoms with Gasteiger partial charge in [-0.05, 0) is 43.4 Å². The maximum atomic E-state index is 13.2. The minimum absolute atomic E-state index is 0.0237. The number of carbonyl (C=O) groups is 1. The molecule has 1 aromatic carbocycles. The first kappa shape index (κ1) is 18.5. The number of aryl methyl sites for hydroxylation is 1. The van der Waals surface area contributed by atoms with Crippen LogP contribution in [0.2, 0.25) is 0 Å². The van der Waals surface area contributed by atoms with Crippen LogP contribution < -0.4 is 5.32 Å². The van der Waals surface area contributed by atoms with Crippen molar-refractivity contribution in [3.8, 4) is 6.07 Å². The molecule has 1 aliphatic carbocycles. The van der Waals surface area contributed by atoms with E-state index in [-0.39, 0.29) is 25.3 Å². The third-order valence-electron chi connectivity index (χ3n) is 5.74. The van der Waals surface area contributed by atoms with Gasteiger partial charge in [-0.2, -0.15) is 18.4 Å². The molecule has 1 amide bonds. The molecule has 3 N–H and O–H groups in total. The summed E-state index contributed by atoms with van der Waals surface area (Å²) in [6.07, 6.45) is -4.36. The molecule has 1 fully saturated rings. The number of nitrogens with one attached hydrogen (secondary N) is 2. The van der Waals surface area contributed by atoms with E-state index < -0.39 is 18.2 Å². The lowest BCUT2D eigenvalue weighted by Crippen LogP contribution is -2.30. The topological polar surface area (TPSA) is 92.2 Å². The van der Waals surface area contributed by atoms with Crippen LogP contribution in [-0.4, -0.2) is 46.4 Å². The lowest BCUT2D eigenvalue weighted by molar-refractivity contribution is -0.177. The van der Waals surface area contributed by atoms with Crippen LogP contribution in [0.25, 0.3) is 10.9 Å². The molecule has 0 radical (unpaired) electrons. The van der Waals surface area contributed by atoms with E-state index in [1.807, 2.05) is 0 Å². The van der Waals surface area contributed by atoms with Crippen molar-refractivity contribution >= 4 is 22.7 Å². The molecule has 0 spiro atoms. The number of rotatable bonds is 2. The van der Waals surface area contributed by atoms with Gasteiger partial charge in [0.05, 0.1) is 17.0 Å². The van der Waals surface area contributed by atoms with Gasteiger partial charge >= 0.3 is 12.3 Å². The number of halogens is 3. The maximum Gasteiger partial charge on any atom is 0.407 e. The summed E-state index contributed by atoms with van der Waals surface area (Å²) < 4.78 is 39.5. The fourth-order valence-corrected chi connectivity index (χ4v) is 4.30. The number of anilines is 1.